The number of phenolic OH excluding ortho intramolecular Hbond substituents is 1. The van der Waals surface area contributed by atoms with Crippen molar-refractivity contribution in [2.24, 2.45) is 23.7 Å². The molecule has 0 radical (unpaired) electrons. The minimum Gasteiger partial charge on any atom is -0.508 e. The molecule has 4 saturated heterocycles. The Labute approximate surface area is 217 Å². The van der Waals surface area contributed by atoms with Gasteiger partial charge in [-0.2, -0.15) is 0 Å². The fourth-order valence-corrected chi connectivity index (χ4v) is 7.29. The summed E-state index contributed by atoms with van der Waals surface area (Å²) in [7, 11) is 0. The van der Waals surface area contributed by atoms with E-state index in [0.29, 0.717) is 24.1 Å². The molecule has 0 amide bonds. The molecule has 3 unspecified atom stereocenters. The summed E-state index contributed by atoms with van der Waals surface area (Å²) in [6.07, 6.45) is 3.42. The van der Waals surface area contributed by atoms with E-state index < -0.39 is 17.7 Å². The molecule has 2 bridgehead atoms. The van der Waals surface area contributed by atoms with E-state index in [0.717, 1.165) is 30.4 Å². The Hall–Kier alpha value is -1.18. The van der Waals surface area contributed by atoms with Crippen molar-refractivity contribution in [2.75, 3.05) is 0 Å². The van der Waals surface area contributed by atoms with Gasteiger partial charge in [0, 0.05) is 30.4 Å². The van der Waals surface area contributed by atoms with E-state index in [1.165, 1.54) is 12.0 Å². The molecule has 4 aliphatic heterocycles. The van der Waals surface area contributed by atoms with Gasteiger partial charge in [0.25, 0.3) is 0 Å². The van der Waals surface area contributed by atoms with Crippen LogP contribution in [-0.2, 0) is 36.6 Å². The van der Waals surface area contributed by atoms with Crippen molar-refractivity contribution in [3.63, 3.8) is 0 Å². The largest absolute Gasteiger partial charge is 0.508 e. The molecule has 202 valence electrons. The zero-order valence-electron chi connectivity index (χ0n) is 23.7. The van der Waals surface area contributed by atoms with Crippen LogP contribution in [-0.4, -0.2) is 29.0 Å². The number of hydrogen-bond donors (Lipinski definition) is 2. The van der Waals surface area contributed by atoms with Crippen LogP contribution in [0.2, 0.25) is 0 Å². The van der Waals surface area contributed by atoms with E-state index in [-0.39, 0.29) is 28.9 Å². The van der Waals surface area contributed by atoms with E-state index in [4.69, 9.17) is 19.2 Å². The number of nitrogens with one attached hydrogen (secondary N) is 1. The quantitative estimate of drug-likeness (QED) is 0.475. The number of phenols is 1. The van der Waals surface area contributed by atoms with E-state index in [9.17, 15) is 5.11 Å². The SMILES string of the molecule is C[C@H]1C(NCc2c(O)cc(C(C)(C)C)cc2C(C)(C)C)O[C@@H]2O[C@]3(C)CC[C@H]4[C@H](C)CCC1C24OO3. The van der Waals surface area contributed by atoms with Crippen LogP contribution in [0.3, 0.4) is 0 Å². The highest BCUT2D eigenvalue weighted by Crippen LogP contribution is 2.60. The summed E-state index contributed by atoms with van der Waals surface area (Å²) in [4.78, 5) is 12.2. The Morgan fingerprint density at radius 3 is 2.36 bits per heavy atom. The first-order chi connectivity index (χ1) is 16.7. The highest BCUT2D eigenvalue weighted by atomic mass is 17.3. The Morgan fingerprint density at radius 2 is 1.69 bits per heavy atom. The Balaban J connectivity index is 1.44. The van der Waals surface area contributed by atoms with Crippen molar-refractivity contribution >= 4 is 0 Å². The summed E-state index contributed by atoms with van der Waals surface area (Å²) in [5.41, 5.74) is 2.56. The van der Waals surface area contributed by atoms with E-state index >= 15 is 0 Å². The number of rotatable bonds is 3. The molecule has 1 saturated carbocycles. The molecule has 0 aromatic heterocycles. The van der Waals surface area contributed by atoms with Gasteiger partial charge in [0.2, 0.25) is 5.79 Å². The fraction of sp³-hybridized carbons (Fsp3) is 0.800. The first kappa shape index (κ1) is 26.4. The fourth-order valence-electron chi connectivity index (χ4n) is 7.29. The van der Waals surface area contributed by atoms with Crippen molar-refractivity contribution in [1.29, 1.82) is 0 Å². The van der Waals surface area contributed by atoms with Gasteiger partial charge in [0.05, 0.1) is 0 Å². The Kier molecular flexibility index (Phi) is 6.36. The molecular formula is C30H47NO5. The number of hydrogen-bond acceptors (Lipinski definition) is 6. The lowest BCUT2D eigenvalue weighted by molar-refractivity contribution is -0.571. The lowest BCUT2D eigenvalue weighted by atomic mass is 9.58. The monoisotopic (exact) mass is 501 g/mol. The molecule has 2 N–H and O–H groups in total. The van der Waals surface area contributed by atoms with E-state index in [1.807, 2.05) is 13.0 Å². The summed E-state index contributed by atoms with van der Waals surface area (Å²) in [6.45, 7) is 20.3. The minimum absolute atomic E-state index is 0.0399. The van der Waals surface area contributed by atoms with Gasteiger partial charge >= 0.3 is 0 Å². The van der Waals surface area contributed by atoms with Crippen LogP contribution in [0.5, 0.6) is 5.75 Å². The first-order valence-electron chi connectivity index (χ1n) is 14.0. The van der Waals surface area contributed by atoms with Gasteiger partial charge in [-0.3, -0.25) is 5.32 Å². The average molecular weight is 502 g/mol. The number of fused-ring (bicyclic) bond motifs is 2. The van der Waals surface area contributed by atoms with Crippen molar-refractivity contribution in [2.45, 2.75) is 129 Å². The van der Waals surface area contributed by atoms with Gasteiger partial charge in [0.15, 0.2) is 11.9 Å². The van der Waals surface area contributed by atoms with Crippen LogP contribution >= 0.6 is 0 Å². The average Bonchev–Trinajstić information content (AvgIpc) is 3.00. The van der Waals surface area contributed by atoms with Gasteiger partial charge in [-0.15, -0.1) is 0 Å². The number of aromatic hydroxyl groups is 1. The summed E-state index contributed by atoms with van der Waals surface area (Å²) >= 11 is 0. The number of benzene rings is 1. The molecule has 1 aliphatic carbocycles. The van der Waals surface area contributed by atoms with Gasteiger partial charge in [-0.05, 0) is 66.0 Å². The van der Waals surface area contributed by atoms with E-state index in [1.54, 1.807) is 0 Å². The maximum absolute atomic E-state index is 11.2. The summed E-state index contributed by atoms with van der Waals surface area (Å²) in [5.74, 6) is 0.958. The zero-order chi connectivity index (χ0) is 26.3. The van der Waals surface area contributed by atoms with Crippen molar-refractivity contribution in [3.05, 3.63) is 28.8 Å². The van der Waals surface area contributed by atoms with Crippen molar-refractivity contribution in [3.8, 4) is 5.75 Å². The molecule has 6 nitrogen and oxygen atoms in total. The van der Waals surface area contributed by atoms with Crippen molar-refractivity contribution in [1.82, 2.24) is 5.32 Å². The van der Waals surface area contributed by atoms with Crippen LogP contribution in [0.15, 0.2) is 12.1 Å². The summed E-state index contributed by atoms with van der Waals surface area (Å²) in [5, 5.41) is 14.8. The molecule has 36 heavy (non-hydrogen) atoms. The second kappa shape index (κ2) is 8.67. The second-order valence-electron chi connectivity index (χ2n) is 14.2. The minimum atomic E-state index is -0.775. The molecule has 6 rings (SSSR count). The smallest absolute Gasteiger partial charge is 0.201 e. The second-order valence-corrected chi connectivity index (χ2v) is 14.2. The molecule has 1 aromatic rings. The molecule has 1 spiro atoms. The Morgan fingerprint density at radius 1 is 0.972 bits per heavy atom. The third-order valence-electron chi connectivity index (χ3n) is 9.54. The topological polar surface area (TPSA) is 69.2 Å². The van der Waals surface area contributed by atoms with Gasteiger partial charge in [-0.1, -0.05) is 61.5 Å². The summed E-state index contributed by atoms with van der Waals surface area (Å²) < 4.78 is 13.2. The lowest BCUT2D eigenvalue weighted by Gasteiger charge is -2.60. The predicted octanol–water partition coefficient (Wildman–Crippen LogP) is 6.28. The van der Waals surface area contributed by atoms with Crippen LogP contribution in [0.4, 0.5) is 0 Å². The highest BCUT2D eigenvalue weighted by molar-refractivity contribution is 5.48. The molecule has 4 heterocycles. The van der Waals surface area contributed by atoms with Gasteiger partial charge < -0.3 is 14.6 Å². The van der Waals surface area contributed by atoms with Crippen LogP contribution in [0.1, 0.15) is 105 Å². The maximum atomic E-state index is 11.2. The van der Waals surface area contributed by atoms with Crippen LogP contribution in [0.25, 0.3) is 0 Å². The van der Waals surface area contributed by atoms with E-state index in [2.05, 4.69) is 66.8 Å². The predicted molar refractivity (Wildman–Crippen MR) is 139 cm³/mol. The standard InChI is InChI=1S/C30H47NO5/c1-17-10-11-22-18(2)25(33-26-30(22)21(17)12-13-29(9,34-26)35-36-30)31-16-20-23(28(6,7)8)14-19(15-24(20)32)27(3,4)5/h14-15,17-18,21-22,25-26,31-32H,10-13,16H2,1-9H3/t17-,18-,21+,22?,25?,26-,29+,30?/m1/s1. The molecule has 5 aliphatic rings. The highest BCUT2D eigenvalue weighted by Gasteiger charge is 2.69. The third kappa shape index (κ3) is 4.21. The van der Waals surface area contributed by atoms with Gasteiger partial charge in [0.1, 0.15) is 12.0 Å². The molecule has 6 heteroatoms. The summed E-state index contributed by atoms with van der Waals surface area (Å²) in [6, 6.07) is 4.20. The van der Waals surface area contributed by atoms with Crippen LogP contribution in [0, 0.1) is 23.7 Å². The Bertz CT molecular complexity index is 996. The maximum Gasteiger partial charge on any atom is 0.201 e. The molecule has 5 fully saturated rings. The van der Waals surface area contributed by atoms with Crippen LogP contribution < -0.4 is 5.32 Å². The lowest BCUT2D eigenvalue weighted by Crippen LogP contribution is -2.71. The zero-order valence-corrected chi connectivity index (χ0v) is 23.7. The third-order valence-corrected chi connectivity index (χ3v) is 9.54. The molecular weight excluding hydrogens is 454 g/mol. The normalized spacial score (nSPS) is 40.6. The molecule has 1 aromatic carbocycles. The van der Waals surface area contributed by atoms with Crippen molar-refractivity contribution < 1.29 is 24.4 Å². The first-order valence-corrected chi connectivity index (χ1v) is 14.0. The van der Waals surface area contributed by atoms with Gasteiger partial charge in [-0.25, -0.2) is 9.78 Å². The molecule has 8 atom stereocenters. The number of ether oxygens (including phenoxy) is 2.